The maximum atomic E-state index is 12.6. The van der Waals surface area contributed by atoms with Crippen LogP contribution in [-0.4, -0.2) is 28.2 Å². The van der Waals surface area contributed by atoms with Gasteiger partial charge < -0.3 is 4.74 Å². The Bertz CT molecular complexity index is 1100. The summed E-state index contributed by atoms with van der Waals surface area (Å²) >= 11 is 1.52. The van der Waals surface area contributed by atoms with Crippen LogP contribution in [0.2, 0.25) is 0 Å². The number of carbonyl (C=O) groups excluding carboxylic acids is 1. The first kappa shape index (κ1) is 23.3. The van der Waals surface area contributed by atoms with Gasteiger partial charge >= 0.3 is 6.61 Å². The van der Waals surface area contributed by atoms with E-state index in [0.717, 1.165) is 17.0 Å². The fraction of sp³-hybridized carbons (Fsp3) is 0.217. The first-order valence-electron chi connectivity index (χ1n) is 9.74. The average molecular weight is 457 g/mol. The van der Waals surface area contributed by atoms with Crippen molar-refractivity contribution in [3.05, 3.63) is 82.7 Å². The summed E-state index contributed by atoms with van der Waals surface area (Å²) in [4.78, 5) is 21.2. The minimum absolute atomic E-state index is 0.00682. The number of hydrogen-bond acceptors (Lipinski definition) is 6. The molecule has 2 aromatic carbocycles. The van der Waals surface area contributed by atoms with E-state index in [1.807, 2.05) is 32.0 Å². The molecule has 3 rings (SSSR count). The van der Waals surface area contributed by atoms with Gasteiger partial charge in [0.15, 0.2) is 5.16 Å². The summed E-state index contributed by atoms with van der Waals surface area (Å²) in [5, 5.41) is 4.74. The molecule has 0 radical (unpaired) electrons. The third-order valence-electron chi connectivity index (χ3n) is 4.36. The van der Waals surface area contributed by atoms with Crippen molar-refractivity contribution in [1.82, 2.24) is 15.4 Å². The lowest BCUT2D eigenvalue weighted by Crippen LogP contribution is -2.19. The molecular weight excluding hydrogens is 434 g/mol. The Hall–Kier alpha value is -3.33. The molecule has 1 N–H and O–H groups in total. The first-order valence-corrected chi connectivity index (χ1v) is 10.7. The number of carbonyl (C=O) groups is 1. The van der Waals surface area contributed by atoms with Crippen LogP contribution < -0.4 is 10.2 Å². The maximum absolute atomic E-state index is 12.6. The van der Waals surface area contributed by atoms with Crippen LogP contribution in [0.25, 0.3) is 0 Å². The van der Waals surface area contributed by atoms with Crippen molar-refractivity contribution in [1.29, 1.82) is 0 Å². The smallest absolute Gasteiger partial charge is 0.387 e. The lowest BCUT2D eigenvalue weighted by Gasteiger charge is -2.10. The van der Waals surface area contributed by atoms with E-state index in [1.54, 1.807) is 37.3 Å². The second-order valence-electron chi connectivity index (χ2n) is 6.93. The van der Waals surface area contributed by atoms with E-state index in [9.17, 15) is 13.6 Å². The Balaban J connectivity index is 1.61. The monoisotopic (exact) mass is 456 g/mol. The van der Waals surface area contributed by atoms with Gasteiger partial charge in [0.25, 0.3) is 5.91 Å². The molecule has 0 bridgehead atoms. The van der Waals surface area contributed by atoms with Gasteiger partial charge in [-0.3, -0.25) is 4.79 Å². The minimum atomic E-state index is -2.95. The van der Waals surface area contributed by atoms with Crippen LogP contribution in [0.5, 0.6) is 5.75 Å². The highest BCUT2D eigenvalue weighted by molar-refractivity contribution is 7.98. The number of para-hydroxylation sites is 1. The van der Waals surface area contributed by atoms with E-state index in [1.165, 1.54) is 17.8 Å². The number of amides is 1. The SMILES string of the molecule is CC(=NNC(=O)c1ccc(CSc2nc(C)cc(C)n2)cc1)c1ccccc1OC(F)F. The molecule has 166 valence electrons. The average Bonchev–Trinajstić information content (AvgIpc) is 2.75. The second-order valence-corrected chi connectivity index (χ2v) is 7.87. The molecule has 3 aromatic rings. The number of rotatable bonds is 8. The van der Waals surface area contributed by atoms with E-state index in [4.69, 9.17) is 0 Å². The molecule has 32 heavy (non-hydrogen) atoms. The molecule has 0 aliphatic rings. The van der Waals surface area contributed by atoms with Gasteiger partial charge in [0, 0.05) is 28.3 Å². The van der Waals surface area contributed by atoms with Crippen molar-refractivity contribution < 1.29 is 18.3 Å². The zero-order chi connectivity index (χ0) is 23.1. The minimum Gasteiger partial charge on any atom is -0.434 e. The number of nitrogens with zero attached hydrogens (tertiary/aromatic N) is 3. The Morgan fingerprint density at radius 3 is 2.41 bits per heavy atom. The number of aromatic nitrogens is 2. The van der Waals surface area contributed by atoms with Crippen LogP contribution in [0.1, 0.15) is 39.8 Å². The van der Waals surface area contributed by atoms with Crippen molar-refractivity contribution in [3.8, 4) is 5.75 Å². The van der Waals surface area contributed by atoms with Gasteiger partial charge in [-0.2, -0.15) is 13.9 Å². The van der Waals surface area contributed by atoms with Crippen molar-refractivity contribution in [2.75, 3.05) is 0 Å². The van der Waals surface area contributed by atoms with Gasteiger partial charge in [-0.15, -0.1) is 0 Å². The molecule has 6 nitrogen and oxygen atoms in total. The summed E-state index contributed by atoms with van der Waals surface area (Å²) < 4.78 is 29.7. The van der Waals surface area contributed by atoms with E-state index in [2.05, 4.69) is 25.2 Å². The third kappa shape index (κ3) is 6.58. The van der Waals surface area contributed by atoms with Crippen LogP contribution in [0.4, 0.5) is 8.78 Å². The van der Waals surface area contributed by atoms with E-state index >= 15 is 0 Å². The van der Waals surface area contributed by atoms with Gasteiger partial charge in [0.2, 0.25) is 0 Å². The number of alkyl halides is 2. The standard InChI is InChI=1S/C23H22F2N4O2S/c1-14-12-15(2)27-23(26-14)32-13-17-8-10-18(11-9-17)21(30)29-28-16(3)19-6-4-5-7-20(19)31-22(24)25/h4-12,22H,13H2,1-3H3,(H,29,30). The summed E-state index contributed by atoms with van der Waals surface area (Å²) in [6, 6.07) is 15.3. The predicted octanol–water partition coefficient (Wildman–Crippen LogP) is 5.14. The fourth-order valence-electron chi connectivity index (χ4n) is 2.88. The quantitative estimate of drug-likeness (QED) is 0.220. The highest BCUT2D eigenvalue weighted by atomic mass is 32.2. The number of hydrogen-bond donors (Lipinski definition) is 1. The zero-order valence-corrected chi connectivity index (χ0v) is 18.6. The molecule has 1 aromatic heterocycles. The molecule has 0 unspecified atom stereocenters. The molecule has 1 heterocycles. The van der Waals surface area contributed by atoms with Gasteiger partial charge in [0.05, 0.1) is 5.71 Å². The van der Waals surface area contributed by atoms with Crippen LogP contribution >= 0.6 is 11.8 Å². The third-order valence-corrected chi connectivity index (χ3v) is 5.28. The zero-order valence-electron chi connectivity index (χ0n) is 17.8. The molecule has 0 aliphatic carbocycles. The molecule has 0 aliphatic heterocycles. The Morgan fingerprint density at radius 2 is 1.75 bits per heavy atom. The summed E-state index contributed by atoms with van der Waals surface area (Å²) in [5.74, 6) is 0.254. The molecule has 1 amide bonds. The second kappa shape index (κ2) is 10.8. The summed E-state index contributed by atoms with van der Waals surface area (Å²) in [6.07, 6.45) is 0. The van der Waals surface area contributed by atoms with Gasteiger partial charge in [-0.1, -0.05) is 36.0 Å². The van der Waals surface area contributed by atoms with Crippen LogP contribution in [-0.2, 0) is 5.75 Å². The highest BCUT2D eigenvalue weighted by Crippen LogP contribution is 2.22. The topological polar surface area (TPSA) is 76.5 Å². The molecule has 0 saturated carbocycles. The number of halogens is 2. The molecule has 0 atom stereocenters. The summed E-state index contributed by atoms with van der Waals surface area (Å²) in [5.41, 5.74) is 6.45. The number of nitrogens with one attached hydrogen (secondary N) is 1. The Morgan fingerprint density at radius 1 is 1.09 bits per heavy atom. The largest absolute Gasteiger partial charge is 0.434 e. The van der Waals surface area contributed by atoms with E-state index in [0.29, 0.717) is 27.7 Å². The molecule has 0 spiro atoms. The normalized spacial score (nSPS) is 11.5. The highest BCUT2D eigenvalue weighted by Gasteiger charge is 2.12. The Labute approximate surface area is 189 Å². The van der Waals surface area contributed by atoms with Gasteiger partial charge in [-0.25, -0.2) is 15.4 Å². The van der Waals surface area contributed by atoms with Crippen molar-refractivity contribution in [3.63, 3.8) is 0 Å². The Kier molecular flexibility index (Phi) is 7.88. The van der Waals surface area contributed by atoms with Gasteiger partial charge in [0.1, 0.15) is 5.75 Å². The predicted molar refractivity (Wildman–Crippen MR) is 120 cm³/mol. The van der Waals surface area contributed by atoms with Crippen LogP contribution in [0.3, 0.4) is 0 Å². The van der Waals surface area contributed by atoms with Gasteiger partial charge in [-0.05, 0) is 56.7 Å². The van der Waals surface area contributed by atoms with Crippen molar-refractivity contribution in [2.45, 2.75) is 38.3 Å². The number of aryl methyl sites for hydroxylation is 2. The van der Waals surface area contributed by atoms with Crippen LogP contribution in [0.15, 0.2) is 64.9 Å². The molecular formula is C23H22F2N4O2S. The summed E-state index contributed by atoms with van der Waals surface area (Å²) in [7, 11) is 0. The van der Waals surface area contributed by atoms with Crippen molar-refractivity contribution >= 4 is 23.4 Å². The number of ether oxygens (including phenoxy) is 1. The molecule has 0 fully saturated rings. The van der Waals surface area contributed by atoms with E-state index in [-0.39, 0.29) is 5.75 Å². The number of thioether (sulfide) groups is 1. The lowest BCUT2D eigenvalue weighted by atomic mass is 10.1. The number of hydrazone groups is 1. The van der Waals surface area contributed by atoms with E-state index < -0.39 is 12.5 Å². The maximum Gasteiger partial charge on any atom is 0.387 e. The molecule has 9 heteroatoms. The van der Waals surface area contributed by atoms with Crippen molar-refractivity contribution in [2.24, 2.45) is 5.10 Å². The molecule has 0 saturated heterocycles. The fourth-order valence-corrected chi connectivity index (χ4v) is 3.79. The lowest BCUT2D eigenvalue weighted by molar-refractivity contribution is -0.0499. The first-order chi connectivity index (χ1) is 15.3. The van der Waals surface area contributed by atoms with Crippen LogP contribution in [0, 0.1) is 13.8 Å². The summed E-state index contributed by atoms with van der Waals surface area (Å²) in [6.45, 7) is 2.52. The number of benzene rings is 2.